The summed E-state index contributed by atoms with van der Waals surface area (Å²) in [6, 6.07) is 0.250. The Morgan fingerprint density at radius 2 is 1.14 bits per heavy atom. The van der Waals surface area contributed by atoms with E-state index in [0.29, 0.717) is 0 Å². The number of rotatable bonds is 0. The van der Waals surface area contributed by atoms with Crippen molar-refractivity contribution in [3.05, 3.63) is 41.5 Å². The van der Waals surface area contributed by atoms with E-state index in [-0.39, 0.29) is 44.3 Å². The third-order valence-electron chi connectivity index (χ3n) is 0.586. The summed E-state index contributed by atoms with van der Waals surface area (Å²) in [4.78, 5) is 0. The molecule has 1 aliphatic carbocycles. The van der Waals surface area contributed by atoms with E-state index in [4.69, 9.17) is 17.2 Å². The molecule has 0 atom stereocenters. The van der Waals surface area contributed by atoms with Gasteiger partial charge in [-0.15, -0.1) is 24.5 Å². The summed E-state index contributed by atoms with van der Waals surface area (Å²) in [5.41, 5.74) is 19.8. The Labute approximate surface area is 156 Å². The van der Waals surface area contributed by atoms with Crippen LogP contribution in [0.4, 0.5) is 7.00 Å². The van der Waals surface area contributed by atoms with Crippen molar-refractivity contribution in [2.45, 2.75) is 66.1 Å². The first kappa shape index (κ1) is 33.3. The number of hydrogen-bond acceptors (Lipinski definition) is 0. The molecular formula is C14H30F2GeN3Zr. The van der Waals surface area contributed by atoms with Crippen molar-refractivity contribution in [3.63, 3.8) is 0 Å². The van der Waals surface area contributed by atoms with Gasteiger partial charge in [-0.25, -0.2) is 12.2 Å². The van der Waals surface area contributed by atoms with Gasteiger partial charge in [0, 0.05) is 0 Å². The van der Waals surface area contributed by atoms with Crippen LogP contribution in [0.25, 0.3) is 17.2 Å². The first-order chi connectivity index (χ1) is 9.11. The van der Waals surface area contributed by atoms with Crippen LogP contribution in [-0.4, -0.2) is 34.5 Å². The van der Waals surface area contributed by atoms with E-state index in [1.54, 1.807) is 0 Å². The molecule has 0 spiro atoms. The van der Waals surface area contributed by atoms with Gasteiger partial charge in [0.2, 0.25) is 0 Å². The van der Waals surface area contributed by atoms with E-state index in [2.05, 4.69) is 12.2 Å². The summed E-state index contributed by atoms with van der Waals surface area (Å²) in [7, 11) is 0. The van der Waals surface area contributed by atoms with Gasteiger partial charge in [-0.05, 0) is 0 Å². The maximum Gasteiger partial charge on any atom is 4.00 e. The Morgan fingerprint density at radius 3 is 1.19 bits per heavy atom. The molecule has 0 fully saturated rings. The minimum atomic E-state index is -2.69. The van der Waals surface area contributed by atoms with Crippen LogP contribution in [0.1, 0.15) is 48.0 Å². The number of hydrogen-bond donors (Lipinski definition) is 0. The normalized spacial score (nSPS) is 10.2. The SMILES string of the molecule is CC(C)[NH-].CC(C)[NH-].CC(C)[NH-].[C-]1=CC=CC1.[F][GeH][F].[Zr+4]. The van der Waals surface area contributed by atoms with Crippen LogP contribution in [-0.2, 0) is 26.2 Å². The van der Waals surface area contributed by atoms with Gasteiger partial charge < -0.3 is 17.2 Å². The van der Waals surface area contributed by atoms with Gasteiger partial charge in [0.1, 0.15) is 0 Å². The number of halogens is 2. The Morgan fingerprint density at radius 1 is 0.905 bits per heavy atom. The molecule has 0 unspecified atom stereocenters. The molecule has 0 amide bonds. The fourth-order valence-corrected chi connectivity index (χ4v) is 0.340. The van der Waals surface area contributed by atoms with Gasteiger partial charge in [-0.2, -0.15) is 6.08 Å². The molecule has 3 nitrogen and oxygen atoms in total. The zero-order chi connectivity index (χ0) is 17.0. The van der Waals surface area contributed by atoms with Gasteiger partial charge in [-0.3, -0.25) is 6.08 Å². The van der Waals surface area contributed by atoms with Crippen LogP contribution in [0.15, 0.2) is 18.2 Å². The molecule has 1 rings (SSSR count). The Bertz CT molecular complexity index is 170. The standard InChI is InChI=1S/C5H5.3C3H8N.F2GeH.Zr/c1-2-4-5-3-1;3*1-3(2)4;1-3-2;/h1-3H,4H2;3*3-4H,1-2H3;3H;/q4*-1;;+4. The molecule has 123 valence electrons. The van der Waals surface area contributed by atoms with Crippen molar-refractivity contribution >= 4 is 16.4 Å². The summed E-state index contributed by atoms with van der Waals surface area (Å²) in [5, 5.41) is 0. The molecule has 1 aliphatic rings. The summed E-state index contributed by atoms with van der Waals surface area (Å²) in [6.07, 6.45) is 10.0. The van der Waals surface area contributed by atoms with Crippen LogP contribution in [0, 0.1) is 6.08 Å². The maximum atomic E-state index is 9.78. The van der Waals surface area contributed by atoms with E-state index < -0.39 is 16.4 Å². The van der Waals surface area contributed by atoms with Gasteiger partial charge in [0.25, 0.3) is 0 Å². The smallest absolute Gasteiger partial charge is 4.00 e. The van der Waals surface area contributed by atoms with Crippen LogP contribution in [0.5, 0.6) is 0 Å². The molecule has 0 aliphatic heterocycles. The van der Waals surface area contributed by atoms with Crippen molar-refractivity contribution in [1.29, 1.82) is 0 Å². The fourth-order valence-electron chi connectivity index (χ4n) is 0.340. The average Bonchev–Trinajstić information content (AvgIpc) is 2.71. The molecule has 3 N–H and O–H groups in total. The first-order valence-corrected chi connectivity index (χ1v) is 8.32. The topological polar surface area (TPSA) is 71.4 Å². The minimum absolute atomic E-state index is 0. The van der Waals surface area contributed by atoms with E-state index >= 15 is 0 Å². The third-order valence-corrected chi connectivity index (χ3v) is 0.586. The monoisotopic (exact) mass is 442 g/mol. The summed E-state index contributed by atoms with van der Waals surface area (Å²) in [5.74, 6) is 0. The molecule has 0 aromatic carbocycles. The van der Waals surface area contributed by atoms with Crippen LogP contribution in [0.3, 0.4) is 0 Å². The molecule has 0 saturated carbocycles. The number of allylic oxidation sites excluding steroid dienone is 4. The maximum absolute atomic E-state index is 9.78. The van der Waals surface area contributed by atoms with Crippen molar-refractivity contribution in [2.75, 3.05) is 0 Å². The van der Waals surface area contributed by atoms with Gasteiger partial charge in [-0.1, -0.05) is 41.5 Å². The summed E-state index contributed by atoms with van der Waals surface area (Å²) in [6.45, 7) is 11.0. The Kier molecular flexibility index (Phi) is 51.6. The van der Waals surface area contributed by atoms with Gasteiger partial charge in [0.15, 0.2) is 0 Å². The van der Waals surface area contributed by atoms with Crippen molar-refractivity contribution < 1.29 is 33.2 Å². The molecule has 21 heavy (non-hydrogen) atoms. The van der Waals surface area contributed by atoms with E-state index in [1.807, 2.05) is 53.7 Å². The van der Waals surface area contributed by atoms with E-state index in [1.165, 1.54) is 0 Å². The first-order valence-electron chi connectivity index (χ1n) is 6.48. The second kappa shape index (κ2) is 32.6. The molecule has 0 heterocycles. The van der Waals surface area contributed by atoms with Crippen molar-refractivity contribution in [1.82, 2.24) is 0 Å². The Balaban J connectivity index is -0.0000000508. The predicted molar refractivity (Wildman–Crippen MR) is 89.3 cm³/mol. The molecule has 0 saturated heterocycles. The second-order valence-corrected chi connectivity index (χ2v) is 4.90. The predicted octanol–water partition coefficient (Wildman–Crippen LogP) is 5.84. The van der Waals surface area contributed by atoms with E-state index in [0.717, 1.165) is 6.42 Å². The quantitative estimate of drug-likeness (QED) is 0.334. The molecule has 0 aromatic heterocycles. The molecule has 1 radical (unpaired) electrons. The zero-order valence-corrected chi connectivity index (χ0v) is 18.9. The fraction of sp³-hybridized carbons (Fsp3) is 0.714. The van der Waals surface area contributed by atoms with Crippen LogP contribution in [0.2, 0.25) is 0 Å². The molecular weight excluding hydrogens is 412 g/mol. The molecule has 7 heteroatoms. The van der Waals surface area contributed by atoms with Crippen LogP contribution >= 0.6 is 0 Å². The summed E-state index contributed by atoms with van der Waals surface area (Å²) < 4.78 is 19.6. The number of nitrogens with one attached hydrogen (secondary N) is 3. The average molecular weight is 442 g/mol. The second-order valence-electron chi connectivity index (χ2n) is 4.55. The van der Waals surface area contributed by atoms with Gasteiger partial charge >= 0.3 is 49.6 Å². The largest absolute Gasteiger partial charge is 4.00 e. The van der Waals surface area contributed by atoms with E-state index in [9.17, 15) is 7.00 Å². The minimum Gasteiger partial charge on any atom is 4.00 e. The third kappa shape index (κ3) is 225. The summed E-state index contributed by atoms with van der Waals surface area (Å²) >= 11 is -2.69. The molecule has 0 aromatic rings. The van der Waals surface area contributed by atoms with Crippen LogP contribution < -0.4 is 0 Å². The van der Waals surface area contributed by atoms with Gasteiger partial charge in [0.05, 0.1) is 0 Å². The zero-order valence-electron chi connectivity index (χ0n) is 14.0. The van der Waals surface area contributed by atoms with Crippen molar-refractivity contribution in [3.8, 4) is 0 Å². The molecule has 0 bridgehead atoms. The Hall–Kier alpha value is 0.646. The van der Waals surface area contributed by atoms with Crippen molar-refractivity contribution in [2.24, 2.45) is 0 Å².